The molecule has 0 aromatic carbocycles. The van der Waals surface area contributed by atoms with Gasteiger partial charge >= 0.3 is 5.97 Å². The number of ether oxygens (including phenoxy) is 1. The molecule has 6 heteroatoms. The van der Waals surface area contributed by atoms with Crippen LogP contribution in [0.4, 0.5) is 0 Å². The molecule has 0 radical (unpaired) electrons. The van der Waals surface area contributed by atoms with Crippen molar-refractivity contribution >= 4 is 18.3 Å². The summed E-state index contributed by atoms with van der Waals surface area (Å²) in [5, 5.41) is 3.09. The van der Waals surface area contributed by atoms with Crippen molar-refractivity contribution in [3.63, 3.8) is 0 Å². The highest BCUT2D eigenvalue weighted by atomic mass is 16.5. The van der Waals surface area contributed by atoms with E-state index in [2.05, 4.69) is 59.2 Å². The van der Waals surface area contributed by atoms with E-state index >= 15 is 0 Å². The zero-order valence-electron chi connectivity index (χ0n) is 34.4. The van der Waals surface area contributed by atoms with E-state index in [0.717, 1.165) is 53.8 Å². The number of esters is 1. The van der Waals surface area contributed by atoms with Crippen molar-refractivity contribution in [2.45, 2.75) is 160 Å². The zero-order valence-corrected chi connectivity index (χ0v) is 34.4. The molecule has 15 atom stereocenters. The van der Waals surface area contributed by atoms with Gasteiger partial charge in [0.25, 0.3) is 0 Å². The Morgan fingerprint density at radius 2 is 1.29 bits per heavy atom. The SMILES string of the molecule is C.C=CC.CC.COC(=O)C(NC(=O)C1CC([C@]23CC[C@@H](C)C2C2CCC4C(CCC5C(C)C(C)CCC54C)[C@]2(C)CC3)C1C)C(C)C.NC=O. The summed E-state index contributed by atoms with van der Waals surface area (Å²) in [6.45, 7) is 28.8. The highest BCUT2D eigenvalue weighted by Gasteiger charge is 2.68. The first-order valence-corrected chi connectivity index (χ1v) is 20.7. The first-order chi connectivity index (χ1) is 23.6. The number of hydrogen-bond donors (Lipinski definition) is 2. The van der Waals surface area contributed by atoms with Crippen LogP contribution in [-0.2, 0) is 19.1 Å². The molecule has 0 aromatic rings. The van der Waals surface area contributed by atoms with E-state index in [1.165, 1.54) is 71.3 Å². The Morgan fingerprint density at radius 1 is 0.804 bits per heavy atom. The Kier molecular flexibility index (Phi) is 16.4. The van der Waals surface area contributed by atoms with Crippen LogP contribution in [-0.4, -0.2) is 31.4 Å². The summed E-state index contributed by atoms with van der Waals surface area (Å²) in [7, 11) is 1.42. The van der Waals surface area contributed by atoms with Gasteiger partial charge in [0.15, 0.2) is 0 Å². The van der Waals surface area contributed by atoms with E-state index in [1.807, 2.05) is 34.6 Å². The molecule has 0 saturated heterocycles. The molecule has 0 spiro atoms. The normalized spacial score (nSPS) is 43.6. The standard InChI is InChI=1S/C38H63NO3.C3H6.C2H6.CH3NO.CH4/c1-21(2)33(35(41)42-9)39-34(40)26-20-31(25(26)6)38-17-15-23(4)32(38)30-13-12-28-29(37(30,8)18-19-38)11-10-27-24(5)22(3)14-16-36(27,28)7;1-3-2;1-2;2-1-3;/h21-33H,10-20H2,1-9H3,(H,39,40);3H,1H2,2H3;1-2H3;1H,(H2,2,3);1H4/t22?,23-,24?,25?,26?,27?,28?,29?,30?,31?,32?,33?,36?,37+,38-;;;;/m1..../s1. The summed E-state index contributed by atoms with van der Waals surface area (Å²) in [6.07, 6.45) is 17.3. The fourth-order valence-electron chi connectivity index (χ4n) is 13.7. The second-order valence-electron chi connectivity index (χ2n) is 18.3. The van der Waals surface area contributed by atoms with Gasteiger partial charge < -0.3 is 15.8 Å². The number of rotatable bonds is 5. The van der Waals surface area contributed by atoms with Crippen LogP contribution >= 0.6 is 0 Å². The van der Waals surface area contributed by atoms with E-state index in [0.29, 0.717) is 28.1 Å². The Labute approximate surface area is 315 Å². The van der Waals surface area contributed by atoms with Gasteiger partial charge in [-0.25, -0.2) is 4.79 Å². The van der Waals surface area contributed by atoms with E-state index in [-0.39, 0.29) is 37.5 Å². The Bertz CT molecular complexity index is 1150. The number of nitrogens with two attached hydrogens (primary N) is 1. The number of carbonyl (C=O) groups is 3. The lowest BCUT2D eigenvalue weighted by molar-refractivity contribution is -0.204. The van der Waals surface area contributed by atoms with Gasteiger partial charge in [-0.1, -0.05) is 82.7 Å². The average Bonchev–Trinajstić information content (AvgIpc) is 3.42. The number of methoxy groups -OCH3 is 1. The summed E-state index contributed by atoms with van der Waals surface area (Å²) in [4.78, 5) is 34.4. The number of carbonyl (C=O) groups excluding carboxylic acids is 3. The predicted molar refractivity (Wildman–Crippen MR) is 214 cm³/mol. The molecule has 6 aliphatic carbocycles. The lowest BCUT2D eigenvalue weighted by Gasteiger charge is -2.69. The number of primary amides is 1. The van der Waals surface area contributed by atoms with Gasteiger partial charge in [0.05, 0.1) is 7.11 Å². The first-order valence-electron chi connectivity index (χ1n) is 20.7. The topological polar surface area (TPSA) is 98.5 Å². The maximum absolute atomic E-state index is 13.5. The highest BCUT2D eigenvalue weighted by Crippen LogP contribution is 2.75. The minimum absolute atomic E-state index is 0. The molecule has 296 valence electrons. The van der Waals surface area contributed by atoms with Crippen LogP contribution in [0, 0.1) is 87.3 Å². The summed E-state index contributed by atoms with van der Waals surface area (Å²) >= 11 is 0. The highest BCUT2D eigenvalue weighted by molar-refractivity contribution is 5.86. The van der Waals surface area contributed by atoms with Gasteiger partial charge in [-0.15, -0.1) is 6.58 Å². The molecule has 2 amide bonds. The molecule has 6 nitrogen and oxygen atoms in total. The Hall–Kier alpha value is -1.85. The van der Waals surface area contributed by atoms with E-state index in [9.17, 15) is 9.59 Å². The maximum atomic E-state index is 13.5. The van der Waals surface area contributed by atoms with Crippen LogP contribution in [0.2, 0.25) is 0 Å². The predicted octanol–water partition coefficient (Wildman–Crippen LogP) is 10.5. The van der Waals surface area contributed by atoms with Gasteiger partial charge in [-0.05, 0) is 159 Å². The number of nitrogens with one attached hydrogen (secondary N) is 1. The summed E-state index contributed by atoms with van der Waals surface area (Å²) in [6, 6.07) is -0.552. The number of fused-ring (bicyclic) bond motifs is 7. The van der Waals surface area contributed by atoms with Crippen molar-refractivity contribution in [2.75, 3.05) is 7.11 Å². The Balaban J connectivity index is 0.000000923. The van der Waals surface area contributed by atoms with Crippen LogP contribution in [0.5, 0.6) is 0 Å². The molecular formula is C45H82N2O4. The molecule has 0 bridgehead atoms. The zero-order chi connectivity index (χ0) is 37.8. The average molecular weight is 715 g/mol. The molecule has 3 N–H and O–H groups in total. The third kappa shape index (κ3) is 8.01. The fourth-order valence-corrected chi connectivity index (χ4v) is 13.7. The first kappa shape index (κ1) is 45.3. The van der Waals surface area contributed by atoms with E-state index in [4.69, 9.17) is 9.53 Å². The minimum atomic E-state index is -0.552. The summed E-state index contributed by atoms with van der Waals surface area (Å²) < 4.78 is 5.01. The van der Waals surface area contributed by atoms with Gasteiger partial charge in [0.1, 0.15) is 6.04 Å². The van der Waals surface area contributed by atoms with Gasteiger partial charge in [0.2, 0.25) is 12.3 Å². The third-order valence-corrected chi connectivity index (χ3v) is 16.3. The lowest BCUT2D eigenvalue weighted by atomic mass is 9.36. The van der Waals surface area contributed by atoms with Gasteiger partial charge in [0, 0.05) is 5.92 Å². The smallest absolute Gasteiger partial charge is 0.328 e. The molecule has 0 heterocycles. The molecule has 6 aliphatic rings. The minimum Gasteiger partial charge on any atom is -0.467 e. The second kappa shape index (κ2) is 18.5. The fraction of sp³-hybridized carbons (Fsp3) is 0.889. The van der Waals surface area contributed by atoms with Crippen LogP contribution in [0.1, 0.15) is 154 Å². The number of hydrogen-bond acceptors (Lipinski definition) is 4. The van der Waals surface area contributed by atoms with Crippen molar-refractivity contribution in [3.8, 4) is 0 Å². The van der Waals surface area contributed by atoms with Crippen molar-refractivity contribution in [1.29, 1.82) is 0 Å². The summed E-state index contributed by atoms with van der Waals surface area (Å²) in [5.41, 5.74) is 5.63. The quantitative estimate of drug-likeness (QED) is 0.168. The van der Waals surface area contributed by atoms with Gasteiger partial charge in [-0.3, -0.25) is 9.59 Å². The molecule has 6 saturated carbocycles. The number of allylic oxidation sites excluding steroid dienone is 1. The molecule has 12 unspecified atom stereocenters. The van der Waals surface area contributed by atoms with E-state index in [1.54, 1.807) is 6.08 Å². The molecule has 51 heavy (non-hydrogen) atoms. The van der Waals surface area contributed by atoms with Crippen molar-refractivity contribution in [1.82, 2.24) is 5.32 Å². The lowest BCUT2D eigenvalue weighted by Crippen LogP contribution is -2.63. The van der Waals surface area contributed by atoms with Crippen LogP contribution in [0.25, 0.3) is 0 Å². The van der Waals surface area contributed by atoms with Crippen LogP contribution in [0.3, 0.4) is 0 Å². The summed E-state index contributed by atoms with van der Waals surface area (Å²) in [5.74, 6) is 7.88. The van der Waals surface area contributed by atoms with Crippen molar-refractivity contribution < 1.29 is 19.1 Å². The molecular weight excluding hydrogens is 633 g/mol. The number of amides is 2. The van der Waals surface area contributed by atoms with Crippen LogP contribution < -0.4 is 11.1 Å². The van der Waals surface area contributed by atoms with E-state index < -0.39 is 6.04 Å². The molecule has 6 rings (SSSR count). The molecule has 0 aliphatic heterocycles. The molecule has 6 fully saturated rings. The second-order valence-corrected chi connectivity index (χ2v) is 18.3. The largest absolute Gasteiger partial charge is 0.467 e. The van der Waals surface area contributed by atoms with Crippen molar-refractivity contribution in [3.05, 3.63) is 12.7 Å². The van der Waals surface area contributed by atoms with Gasteiger partial charge in [-0.2, -0.15) is 0 Å². The Morgan fingerprint density at radius 3 is 1.80 bits per heavy atom. The molecule has 0 aromatic heterocycles. The van der Waals surface area contributed by atoms with Crippen molar-refractivity contribution in [2.24, 2.45) is 93.0 Å². The maximum Gasteiger partial charge on any atom is 0.328 e. The van der Waals surface area contributed by atoms with Crippen LogP contribution in [0.15, 0.2) is 12.7 Å². The monoisotopic (exact) mass is 715 g/mol. The third-order valence-electron chi connectivity index (χ3n) is 16.3.